The van der Waals surface area contributed by atoms with Gasteiger partial charge in [-0.3, -0.25) is 4.79 Å². The van der Waals surface area contributed by atoms with Crippen molar-refractivity contribution in [2.45, 2.75) is 29.8 Å². The number of carbonyl (C=O) groups is 1. The quantitative estimate of drug-likeness (QED) is 0.225. The molecule has 9 nitrogen and oxygen atoms in total. The molecule has 0 spiro atoms. The van der Waals surface area contributed by atoms with E-state index in [-0.39, 0.29) is 17.8 Å². The fourth-order valence-corrected chi connectivity index (χ4v) is 4.56. The molecule has 0 aliphatic carbocycles. The van der Waals surface area contributed by atoms with Crippen molar-refractivity contribution in [3.63, 3.8) is 0 Å². The lowest BCUT2D eigenvalue weighted by Crippen LogP contribution is -2.44. The van der Waals surface area contributed by atoms with Crippen LogP contribution in [0, 0.1) is 6.57 Å². The van der Waals surface area contributed by atoms with E-state index in [1.807, 2.05) is 24.3 Å². The lowest BCUT2D eigenvalue weighted by molar-refractivity contribution is 0.245. The van der Waals surface area contributed by atoms with Gasteiger partial charge in [0.25, 0.3) is 11.2 Å². The Labute approximate surface area is 207 Å². The molecule has 10 heteroatoms. The molecule has 4 rings (SSSR count). The summed E-state index contributed by atoms with van der Waals surface area (Å²) in [5.74, 6) is 1.17. The molecule has 35 heavy (non-hydrogen) atoms. The van der Waals surface area contributed by atoms with Gasteiger partial charge in [-0.05, 0) is 61.3 Å². The number of hydrogen-bond acceptors (Lipinski definition) is 6. The van der Waals surface area contributed by atoms with Gasteiger partial charge in [-0.2, -0.15) is 0 Å². The molecular formula is C25H26N6O3S. The summed E-state index contributed by atoms with van der Waals surface area (Å²) >= 11 is 1.36. The van der Waals surface area contributed by atoms with Gasteiger partial charge in [-0.25, -0.2) is 14.6 Å². The van der Waals surface area contributed by atoms with Crippen LogP contribution >= 0.6 is 11.8 Å². The molecule has 180 valence electrons. The van der Waals surface area contributed by atoms with Crippen molar-refractivity contribution in [1.82, 2.24) is 20.6 Å². The third kappa shape index (κ3) is 6.41. The molecule has 4 N–H and O–H groups in total. The lowest BCUT2D eigenvalue weighted by Gasteiger charge is -2.23. The summed E-state index contributed by atoms with van der Waals surface area (Å²) in [7, 11) is 1.56. The summed E-state index contributed by atoms with van der Waals surface area (Å²) in [6.45, 7) is 9.24. The van der Waals surface area contributed by atoms with Gasteiger partial charge in [0.05, 0.1) is 19.4 Å². The molecule has 1 aliphatic heterocycles. The summed E-state index contributed by atoms with van der Waals surface area (Å²) in [6, 6.07) is 14.6. The highest BCUT2D eigenvalue weighted by Crippen LogP contribution is 2.30. The third-order valence-corrected chi connectivity index (χ3v) is 6.53. The number of urea groups is 1. The zero-order valence-electron chi connectivity index (χ0n) is 19.3. The van der Waals surface area contributed by atoms with Gasteiger partial charge in [0.15, 0.2) is 5.16 Å². The minimum absolute atomic E-state index is 0.0548. The number of thioether (sulfide) groups is 1. The molecule has 0 atom stereocenters. The number of aromatic amines is 1. The molecule has 0 unspecified atom stereocenters. The molecule has 2 amide bonds. The summed E-state index contributed by atoms with van der Waals surface area (Å²) in [5.41, 5.74) is 2.14. The van der Waals surface area contributed by atoms with Gasteiger partial charge in [0.1, 0.15) is 5.75 Å². The van der Waals surface area contributed by atoms with Crippen molar-refractivity contribution < 1.29 is 9.53 Å². The molecule has 2 aromatic carbocycles. The summed E-state index contributed by atoms with van der Waals surface area (Å²) in [5, 5.41) is 9.57. The maximum atomic E-state index is 12.5. The number of amides is 2. The smallest absolute Gasteiger partial charge is 0.319 e. The number of methoxy groups -OCH3 is 1. The van der Waals surface area contributed by atoms with Crippen LogP contribution in [0.2, 0.25) is 0 Å². The summed E-state index contributed by atoms with van der Waals surface area (Å²) in [4.78, 5) is 35.4. The number of benzene rings is 2. The Kier molecular flexibility index (Phi) is 8.03. The van der Waals surface area contributed by atoms with Crippen LogP contribution in [0.5, 0.6) is 5.75 Å². The van der Waals surface area contributed by atoms with E-state index in [2.05, 4.69) is 30.8 Å². The highest BCUT2D eigenvalue weighted by molar-refractivity contribution is 7.98. The largest absolute Gasteiger partial charge is 0.497 e. The maximum absolute atomic E-state index is 12.5. The van der Waals surface area contributed by atoms with Gasteiger partial charge < -0.3 is 25.7 Å². The fraction of sp³-hybridized carbons (Fsp3) is 0.280. The van der Waals surface area contributed by atoms with E-state index >= 15 is 0 Å². The zero-order chi connectivity index (χ0) is 24.6. The van der Waals surface area contributed by atoms with Gasteiger partial charge in [0.2, 0.25) is 0 Å². The van der Waals surface area contributed by atoms with E-state index in [9.17, 15) is 9.59 Å². The van der Waals surface area contributed by atoms with Crippen molar-refractivity contribution in [1.29, 1.82) is 0 Å². The first kappa shape index (κ1) is 24.3. The molecule has 1 aliphatic rings. The Bertz CT molecular complexity index is 1280. The van der Waals surface area contributed by atoms with Crippen LogP contribution in [0.3, 0.4) is 0 Å². The van der Waals surface area contributed by atoms with E-state index in [1.165, 1.54) is 11.8 Å². The second-order valence-corrected chi connectivity index (χ2v) is 8.98. The molecule has 3 aromatic rings. The van der Waals surface area contributed by atoms with Crippen LogP contribution in [0.25, 0.3) is 16.1 Å². The topological polar surface area (TPSA) is 112 Å². The second kappa shape index (κ2) is 11.6. The molecule has 0 saturated carbocycles. The van der Waals surface area contributed by atoms with Crippen LogP contribution in [0.4, 0.5) is 16.2 Å². The molecule has 0 bridgehead atoms. The lowest BCUT2D eigenvalue weighted by atomic mass is 10.1. The number of aromatic nitrogens is 2. The Hall–Kier alpha value is -3.81. The number of nitrogens with one attached hydrogen (secondary N) is 4. The highest BCUT2D eigenvalue weighted by atomic mass is 32.2. The van der Waals surface area contributed by atoms with Gasteiger partial charge in [-0.15, -0.1) is 0 Å². The molecule has 0 radical (unpaired) electrons. The third-order valence-electron chi connectivity index (χ3n) is 5.59. The summed E-state index contributed by atoms with van der Waals surface area (Å²) < 4.78 is 5.26. The van der Waals surface area contributed by atoms with Crippen LogP contribution < -0.4 is 26.2 Å². The van der Waals surface area contributed by atoms with E-state index in [0.29, 0.717) is 33.6 Å². The van der Waals surface area contributed by atoms with Crippen molar-refractivity contribution in [2.24, 2.45) is 0 Å². The molecular weight excluding hydrogens is 464 g/mol. The van der Waals surface area contributed by atoms with Crippen LogP contribution in [0.1, 0.15) is 18.4 Å². The predicted molar refractivity (Wildman–Crippen MR) is 137 cm³/mol. The van der Waals surface area contributed by atoms with E-state index in [0.717, 1.165) is 31.5 Å². The minimum atomic E-state index is -0.477. The molecule has 1 saturated heterocycles. The monoisotopic (exact) mass is 490 g/mol. The van der Waals surface area contributed by atoms with Crippen molar-refractivity contribution in [2.75, 3.05) is 25.5 Å². The SMILES string of the molecule is [C-]#[N+]c1c(-c2cccc(OC)c2)nc(SCc2ccc(NC(=O)NC3CCNCC3)cc2)[nH]c1=O. The molecule has 1 fully saturated rings. The number of piperidine rings is 1. The number of ether oxygens (including phenoxy) is 1. The van der Waals surface area contributed by atoms with E-state index in [1.54, 1.807) is 31.4 Å². The Balaban J connectivity index is 1.41. The number of hydrogen-bond donors (Lipinski definition) is 4. The zero-order valence-corrected chi connectivity index (χ0v) is 20.1. The van der Waals surface area contributed by atoms with Gasteiger partial charge in [0, 0.05) is 17.5 Å². The number of nitrogens with zero attached hydrogens (tertiary/aromatic N) is 2. The first-order valence-corrected chi connectivity index (χ1v) is 12.2. The van der Waals surface area contributed by atoms with Gasteiger partial charge in [-0.1, -0.05) is 36.0 Å². The highest BCUT2D eigenvalue weighted by Gasteiger charge is 2.16. The fourth-order valence-electron chi connectivity index (χ4n) is 3.74. The van der Waals surface area contributed by atoms with Gasteiger partial charge >= 0.3 is 6.03 Å². The normalized spacial score (nSPS) is 13.6. The average molecular weight is 491 g/mol. The predicted octanol–water partition coefficient (Wildman–Crippen LogP) is 4.16. The minimum Gasteiger partial charge on any atom is -0.497 e. The van der Waals surface area contributed by atoms with E-state index in [4.69, 9.17) is 11.3 Å². The average Bonchev–Trinajstić information content (AvgIpc) is 2.88. The Morgan fingerprint density at radius 3 is 2.71 bits per heavy atom. The summed E-state index contributed by atoms with van der Waals surface area (Å²) in [6.07, 6.45) is 1.85. The first-order chi connectivity index (χ1) is 17.1. The molecule has 1 aromatic heterocycles. The van der Waals surface area contributed by atoms with E-state index < -0.39 is 5.56 Å². The first-order valence-electron chi connectivity index (χ1n) is 11.2. The number of H-pyrrole nitrogens is 1. The number of anilines is 1. The number of carbonyl (C=O) groups excluding carboxylic acids is 1. The van der Waals surface area contributed by atoms with Crippen LogP contribution in [-0.2, 0) is 5.75 Å². The standard InChI is InChI=1S/C25H26N6O3S/c1-26-22-21(17-4-3-5-20(14-17)34-2)30-25(31-23(22)32)35-15-16-6-8-18(9-7-16)28-24(33)29-19-10-12-27-13-11-19/h3-9,14,19,27H,10-13,15H2,2H3,(H2,28,29,33)(H,30,31,32). The Morgan fingerprint density at radius 1 is 1.23 bits per heavy atom. The maximum Gasteiger partial charge on any atom is 0.319 e. The molecule has 2 heterocycles. The van der Waals surface area contributed by atoms with Crippen molar-refractivity contribution in [3.05, 3.63) is 75.9 Å². The van der Waals surface area contributed by atoms with Crippen molar-refractivity contribution in [3.8, 4) is 17.0 Å². The number of rotatable bonds is 7. The van der Waals surface area contributed by atoms with Crippen LogP contribution in [0.15, 0.2) is 58.5 Å². The van der Waals surface area contributed by atoms with Crippen molar-refractivity contribution >= 4 is 29.2 Å². The second-order valence-electron chi connectivity index (χ2n) is 8.02. The van der Waals surface area contributed by atoms with Crippen LogP contribution in [-0.4, -0.2) is 42.2 Å². The Morgan fingerprint density at radius 2 is 2.00 bits per heavy atom.